The predicted molar refractivity (Wildman–Crippen MR) is 68.8 cm³/mol. The molecule has 0 bridgehead atoms. The largest absolute Gasteiger partial charge is 0.550 e. The van der Waals surface area contributed by atoms with Crippen LogP contribution in [0.15, 0.2) is 0 Å². The Kier molecular flexibility index (Phi) is 10.2. The number of carbonyl (C=O) groups is 1. The van der Waals surface area contributed by atoms with E-state index in [4.69, 9.17) is 9.90 Å². The highest BCUT2D eigenvalue weighted by atomic mass is 16.4. The fourth-order valence-corrected chi connectivity index (χ4v) is 2.46. The van der Waals surface area contributed by atoms with Gasteiger partial charge in [-0.2, -0.15) is 0 Å². The highest BCUT2D eigenvalue weighted by Crippen LogP contribution is 2.15. The average molecular weight is 243 g/mol. The molecule has 1 saturated heterocycles. The van der Waals surface area contributed by atoms with E-state index in [1.165, 1.54) is 58.2 Å². The van der Waals surface area contributed by atoms with Crippen molar-refractivity contribution in [1.29, 1.82) is 0 Å². The Morgan fingerprint density at radius 1 is 1.24 bits per heavy atom. The Labute approximate surface area is 106 Å². The quantitative estimate of drug-likeness (QED) is 0.770. The van der Waals surface area contributed by atoms with E-state index in [-0.39, 0.29) is 0 Å². The average Bonchev–Trinajstić information content (AvgIpc) is 2.28. The van der Waals surface area contributed by atoms with E-state index in [9.17, 15) is 0 Å². The molecule has 1 rings (SSSR count). The van der Waals surface area contributed by atoms with Crippen molar-refractivity contribution in [2.24, 2.45) is 5.92 Å². The van der Waals surface area contributed by atoms with Crippen molar-refractivity contribution < 1.29 is 14.8 Å². The summed E-state index contributed by atoms with van der Waals surface area (Å²) in [4.78, 5) is 10.8. The fourth-order valence-electron chi connectivity index (χ4n) is 2.46. The molecule has 0 aromatic heterocycles. The van der Waals surface area contributed by atoms with Gasteiger partial charge in [-0.3, -0.25) is 0 Å². The zero-order chi connectivity index (χ0) is 13.1. The molecule has 102 valence electrons. The lowest BCUT2D eigenvalue weighted by atomic mass is 9.92. The Hall–Kier alpha value is -0.570. The van der Waals surface area contributed by atoms with E-state index in [0.717, 1.165) is 12.8 Å². The Morgan fingerprint density at radius 3 is 2.18 bits per heavy atom. The molecule has 0 unspecified atom stereocenters. The molecule has 0 aromatic carbocycles. The molecule has 3 nitrogen and oxygen atoms in total. The van der Waals surface area contributed by atoms with Gasteiger partial charge < -0.3 is 14.8 Å². The number of hydrogen-bond donors (Lipinski definition) is 1. The number of rotatable bonds is 5. The molecular weight excluding hydrogens is 214 g/mol. The molecule has 0 spiro atoms. The van der Waals surface area contributed by atoms with Gasteiger partial charge in [0.15, 0.2) is 0 Å². The van der Waals surface area contributed by atoms with Gasteiger partial charge in [0.1, 0.15) is 0 Å². The first-order chi connectivity index (χ1) is 8.10. The lowest BCUT2D eigenvalue weighted by Gasteiger charge is -2.29. The van der Waals surface area contributed by atoms with Crippen molar-refractivity contribution in [3.05, 3.63) is 0 Å². The number of quaternary nitrogens is 1. The molecule has 1 fully saturated rings. The van der Waals surface area contributed by atoms with Crippen LogP contribution >= 0.6 is 0 Å². The van der Waals surface area contributed by atoms with E-state index >= 15 is 0 Å². The Morgan fingerprint density at radius 2 is 1.76 bits per heavy atom. The van der Waals surface area contributed by atoms with Crippen LogP contribution in [0.4, 0.5) is 0 Å². The van der Waals surface area contributed by atoms with Gasteiger partial charge in [0.25, 0.3) is 0 Å². The molecule has 1 aliphatic heterocycles. The molecule has 1 aliphatic rings. The van der Waals surface area contributed by atoms with Gasteiger partial charge in [0.05, 0.1) is 19.6 Å². The summed E-state index contributed by atoms with van der Waals surface area (Å²) in [5.41, 5.74) is 0. The molecular formula is C14H29NO2. The molecule has 1 N–H and O–H groups in total. The van der Waals surface area contributed by atoms with Crippen LogP contribution in [0.1, 0.15) is 59.3 Å². The molecule has 3 heteroatoms. The van der Waals surface area contributed by atoms with Gasteiger partial charge in [0, 0.05) is 5.97 Å². The molecule has 0 saturated carbocycles. The van der Waals surface area contributed by atoms with E-state index in [0.29, 0.717) is 0 Å². The fraction of sp³-hybridized carbons (Fsp3) is 0.929. The lowest BCUT2D eigenvalue weighted by Crippen LogP contribution is -3.13. The third kappa shape index (κ3) is 10.3. The first kappa shape index (κ1) is 16.4. The number of carbonyl (C=O) groups excluding carboxylic acids is 1. The Balaban J connectivity index is 0.000000557. The molecule has 1 heterocycles. The van der Waals surface area contributed by atoms with Gasteiger partial charge >= 0.3 is 0 Å². The number of carboxylic acid groups (broad SMARTS) is 1. The van der Waals surface area contributed by atoms with Crippen molar-refractivity contribution in [3.63, 3.8) is 0 Å². The van der Waals surface area contributed by atoms with Crippen molar-refractivity contribution in [2.75, 3.05) is 19.6 Å². The summed E-state index contributed by atoms with van der Waals surface area (Å²) in [6, 6.07) is 0. The highest BCUT2D eigenvalue weighted by Gasteiger charge is 2.20. The number of piperidine rings is 1. The highest BCUT2D eigenvalue weighted by molar-refractivity contribution is 5.60. The van der Waals surface area contributed by atoms with Crippen molar-refractivity contribution in [1.82, 2.24) is 0 Å². The van der Waals surface area contributed by atoms with Crippen molar-refractivity contribution >= 4 is 5.97 Å². The number of unbranched alkanes of at least 4 members (excludes halogenated alkanes) is 1. The summed E-state index contributed by atoms with van der Waals surface area (Å²) in [5, 5.41) is 8.89. The van der Waals surface area contributed by atoms with Gasteiger partial charge in [-0.05, 0) is 32.1 Å². The maximum absolute atomic E-state index is 8.89. The van der Waals surface area contributed by atoms with Gasteiger partial charge in [-0.25, -0.2) is 0 Å². The normalized spacial score (nSPS) is 23.7. The van der Waals surface area contributed by atoms with Gasteiger partial charge in [-0.1, -0.05) is 33.1 Å². The van der Waals surface area contributed by atoms with Crippen LogP contribution in [0, 0.1) is 5.92 Å². The van der Waals surface area contributed by atoms with E-state index < -0.39 is 5.97 Å². The third-order valence-electron chi connectivity index (χ3n) is 3.39. The summed E-state index contributed by atoms with van der Waals surface area (Å²) < 4.78 is 0. The first-order valence-corrected chi connectivity index (χ1v) is 7.11. The third-order valence-corrected chi connectivity index (χ3v) is 3.39. The zero-order valence-corrected chi connectivity index (χ0v) is 11.8. The minimum absolute atomic E-state index is 0.972. The van der Waals surface area contributed by atoms with Crippen LogP contribution in [-0.2, 0) is 4.79 Å². The van der Waals surface area contributed by atoms with E-state index in [2.05, 4.69) is 13.8 Å². The van der Waals surface area contributed by atoms with Crippen LogP contribution in [-0.4, -0.2) is 25.6 Å². The summed E-state index contributed by atoms with van der Waals surface area (Å²) in [7, 11) is 0. The summed E-state index contributed by atoms with van der Waals surface area (Å²) in [6.45, 7) is 9.91. The Bertz CT molecular complexity index is 183. The SMILES string of the molecule is CC(=O)[O-].CCCC[NH+]1CCC(CCC)CC1. The number of aliphatic carboxylic acids is 1. The van der Waals surface area contributed by atoms with Crippen LogP contribution in [0.3, 0.4) is 0 Å². The molecule has 0 radical (unpaired) electrons. The second-order valence-corrected chi connectivity index (χ2v) is 5.08. The maximum Gasteiger partial charge on any atom is 0.0773 e. The molecule has 17 heavy (non-hydrogen) atoms. The molecule has 0 aromatic rings. The van der Waals surface area contributed by atoms with Crippen LogP contribution in [0.5, 0.6) is 0 Å². The minimum atomic E-state index is -1.08. The topological polar surface area (TPSA) is 44.6 Å². The molecule has 0 amide bonds. The summed E-state index contributed by atoms with van der Waals surface area (Å²) in [5.74, 6) is -0.0182. The lowest BCUT2D eigenvalue weighted by molar-refractivity contribution is -0.906. The van der Waals surface area contributed by atoms with Gasteiger partial charge in [0.2, 0.25) is 0 Å². The molecule has 0 atom stereocenters. The monoisotopic (exact) mass is 243 g/mol. The number of hydrogen-bond acceptors (Lipinski definition) is 2. The van der Waals surface area contributed by atoms with Crippen LogP contribution < -0.4 is 10.0 Å². The molecule has 0 aliphatic carbocycles. The minimum Gasteiger partial charge on any atom is -0.550 e. The second-order valence-electron chi connectivity index (χ2n) is 5.08. The van der Waals surface area contributed by atoms with Crippen molar-refractivity contribution in [2.45, 2.75) is 59.3 Å². The number of carboxylic acids is 1. The summed E-state index contributed by atoms with van der Waals surface area (Å²) in [6.07, 6.45) is 8.63. The number of likely N-dealkylation sites (tertiary alicyclic amines) is 1. The standard InChI is InChI=1S/C12H25N.C2H4O2/c1-3-5-9-13-10-7-12(6-4-2)8-11-13;1-2(3)4/h12H,3-11H2,1-2H3;1H3,(H,3,4). The van der Waals surface area contributed by atoms with Gasteiger partial charge in [-0.15, -0.1) is 0 Å². The zero-order valence-electron chi connectivity index (χ0n) is 11.8. The van der Waals surface area contributed by atoms with Crippen molar-refractivity contribution in [3.8, 4) is 0 Å². The van der Waals surface area contributed by atoms with Crippen LogP contribution in [0.2, 0.25) is 0 Å². The van der Waals surface area contributed by atoms with E-state index in [1.54, 1.807) is 0 Å². The first-order valence-electron chi connectivity index (χ1n) is 7.11. The van der Waals surface area contributed by atoms with Crippen LogP contribution in [0.25, 0.3) is 0 Å². The summed E-state index contributed by atoms with van der Waals surface area (Å²) >= 11 is 0. The second kappa shape index (κ2) is 10.6. The predicted octanol–water partition coefficient (Wildman–Crippen LogP) is 0.638. The van der Waals surface area contributed by atoms with E-state index in [1.807, 2.05) is 4.90 Å². The number of nitrogens with one attached hydrogen (secondary N) is 1. The maximum atomic E-state index is 8.89. The smallest absolute Gasteiger partial charge is 0.0773 e.